The molecule has 1 saturated heterocycles. The zero-order valence-electron chi connectivity index (χ0n) is 20.4. The van der Waals surface area contributed by atoms with E-state index >= 15 is 0 Å². The Hall–Kier alpha value is -2.44. The molecule has 2 aromatic rings. The quantitative estimate of drug-likeness (QED) is 0.506. The molecule has 2 unspecified atom stereocenters. The van der Waals surface area contributed by atoms with Crippen molar-refractivity contribution in [2.75, 3.05) is 47.0 Å². The lowest BCUT2D eigenvalue weighted by molar-refractivity contribution is -0.136. The number of carbonyl (C=O) groups is 1. The molecular formula is C28H37FN2O3. The van der Waals surface area contributed by atoms with Crippen LogP contribution in [-0.2, 0) is 16.1 Å². The smallest absolute Gasteiger partial charge is 0.225 e. The van der Waals surface area contributed by atoms with Crippen molar-refractivity contribution in [3.63, 3.8) is 0 Å². The second-order valence-electron chi connectivity index (χ2n) is 9.65. The van der Waals surface area contributed by atoms with Crippen molar-refractivity contribution in [2.45, 2.75) is 38.1 Å². The minimum absolute atomic E-state index is 0.137. The molecule has 5 nitrogen and oxygen atoms in total. The second-order valence-corrected chi connectivity index (χ2v) is 9.65. The van der Waals surface area contributed by atoms with Crippen LogP contribution >= 0.6 is 0 Å². The fraction of sp³-hybridized carbons (Fsp3) is 0.536. The third-order valence-corrected chi connectivity index (χ3v) is 7.44. The van der Waals surface area contributed by atoms with Gasteiger partial charge in [0.1, 0.15) is 11.6 Å². The van der Waals surface area contributed by atoms with Crippen LogP contribution < -0.4 is 4.74 Å². The first kappa shape index (κ1) is 24.7. The highest BCUT2D eigenvalue weighted by molar-refractivity contribution is 5.79. The summed E-state index contributed by atoms with van der Waals surface area (Å²) in [4.78, 5) is 17.7. The molecule has 0 radical (unpaired) electrons. The van der Waals surface area contributed by atoms with Crippen LogP contribution in [0.3, 0.4) is 0 Å². The normalized spacial score (nSPS) is 21.1. The monoisotopic (exact) mass is 468 g/mol. The van der Waals surface area contributed by atoms with Gasteiger partial charge in [0.05, 0.1) is 13.7 Å². The molecule has 0 spiro atoms. The molecule has 2 atom stereocenters. The van der Waals surface area contributed by atoms with E-state index in [4.69, 9.17) is 9.47 Å². The van der Waals surface area contributed by atoms with Crippen LogP contribution in [0.25, 0.3) is 0 Å². The number of hydrogen-bond acceptors (Lipinski definition) is 4. The number of rotatable bonds is 10. The Morgan fingerprint density at radius 3 is 2.53 bits per heavy atom. The van der Waals surface area contributed by atoms with Crippen LogP contribution in [0.5, 0.6) is 5.75 Å². The first-order valence-corrected chi connectivity index (χ1v) is 12.5. The summed E-state index contributed by atoms with van der Waals surface area (Å²) < 4.78 is 25.4. The van der Waals surface area contributed by atoms with Gasteiger partial charge in [-0.3, -0.25) is 9.69 Å². The van der Waals surface area contributed by atoms with E-state index in [9.17, 15) is 9.18 Å². The molecule has 1 amide bonds. The third kappa shape index (κ3) is 5.78. The van der Waals surface area contributed by atoms with Gasteiger partial charge in [0.25, 0.3) is 0 Å². The van der Waals surface area contributed by atoms with Crippen LogP contribution in [0.1, 0.15) is 42.7 Å². The summed E-state index contributed by atoms with van der Waals surface area (Å²) in [5.41, 5.74) is 1.87. The van der Waals surface area contributed by atoms with E-state index in [1.807, 2.05) is 35.2 Å². The van der Waals surface area contributed by atoms with E-state index in [1.165, 1.54) is 6.07 Å². The number of amides is 1. The van der Waals surface area contributed by atoms with Crippen molar-refractivity contribution >= 4 is 5.91 Å². The fourth-order valence-corrected chi connectivity index (χ4v) is 5.67. The standard InChI is InChI=1S/C28H37FN2O3/c1-33-16-15-31(28(32)21-9-3-4-10-21)19-23-18-30(17-22-11-5-7-13-26(22)29)20-25(23)24-12-6-8-14-27(24)34-2/h5-8,11-14,21,23,25H,3-4,9-10,15-20H2,1-2H3. The Bertz CT molecular complexity index is 947. The number of carbonyl (C=O) groups excluding carboxylic acids is 1. The van der Waals surface area contributed by atoms with E-state index in [-0.39, 0.29) is 29.5 Å². The van der Waals surface area contributed by atoms with Gasteiger partial charge in [-0.2, -0.15) is 0 Å². The highest BCUT2D eigenvalue weighted by Crippen LogP contribution is 2.39. The minimum Gasteiger partial charge on any atom is -0.496 e. The molecule has 2 fully saturated rings. The summed E-state index contributed by atoms with van der Waals surface area (Å²) in [6.07, 6.45) is 4.25. The van der Waals surface area contributed by atoms with Crippen molar-refractivity contribution in [3.8, 4) is 5.75 Å². The Balaban J connectivity index is 1.57. The molecular weight excluding hydrogens is 431 g/mol. The Labute approximate surface area is 202 Å². The maximum Gasteiger partial charge on any atom is 0.225 e. The van der Waals surface area contributed by atoms with E-state index < -0.39 is 0 Å². The first-order valence-electron chi connectivity index (χ1n) is 12.5. The fourth-order valence-electron chi connectivity index (χ4n) is 5.67. The zero-order chi connectivity index (χ0) is 23.9. The van der Waals surface area contributed by atoms with Crippen molar-refractivity contribution in [2.24, 2.45) is 11.8 Å². The average molecular weight is 469 g/mol. The van der Waals surface area contributed by atoms with Crippen LogP contribution in [0, 0.1) is 17.7 Å². The van der Waals surface area contributed by atoms with Crippen molar-refractivity contribution < 1.29 is 18.7 Å². The minimum atomic E-state index is -0.169. The number of benzene rings is 2. The highest BCUT2D eigenvalue weighted by atomic mass is 19.1. The van der Waals surface area contributed by atoms with E-state index in [2.05, 4.69) is 11.0 Å². The molecule has 2 aromatic carbocycles. The molecule has 2 aliphatic rings. The molecule has 1 heterocycles. The molecule has 1 aliphatic heterocycles. The SMILES string of the molecule is COCCN(CC1CN(Cc2ccccc2F)CC1c1ccccc1OC)C(=O)C1CCCC1. The summed E-state index contributed by atoms with van der Waals surface area (Å²) in [5, 5.41) is 0. The molecule has 0 bridgehead atoms. The third-order valence-electron chi connectivity index (χ3n) is 7.44. The van der Waals surface area contributed by atoms with E-state index in [0.29, 0.717) is 31.8 Å². The molecule has 0 N–H and O–H groups in total. The predicted molar refractivity (Wildman–Crippen MR) is 131 cm³/mol. The molecule has 1 aliphatic carbocycles. The van der Waals surface area contributed by atoms with E-state index in [0.717, 1.165) is 50.1 Å². The summed E-state index contributed by atoms with van der Waals surface area (Å²) in [6.45, 7) is 3.98. The second kappa shape index (κ2) is 11.8. The van der Waals surface area contributed by atoms with Gasteiger partial charge in [0.15, 0.2) is 0 Å². The van der Waals surface area contributed by atoms with Gasteiger partial charge in [-0.1, -0.05) is 49.2 Å². The Morgan fingerprint density at radius 2 is 1.79 bits per heavy atom. The Kier molecular flexibility index (Phi) is 8.57. The van der Waals surface area contributed by atoms with Crippen molar-refractivity contribution in [1.29, 1.82) is 0 Å². The summed E-state index contributed by atoms with van der Waals surface area (Å²) in [7, 11) is 3.38. The number of likely N-dealkylation sites (tertiary alicyclic amines) is 1. The summed E-state index contributed by atoms with van der Waals surface area (Å²) in [6, 6.07) is 15.1. The molecule has 34 heavy (non-hydrogen) atoms. The molecule has 1 saturated carbocycles. The first-order chi connectivity index (χ1) is 16.6. The number of nitrogens with zero attached hydrogens (tertiary/aromatic N) is 2. The molecule has 6 heteroatoms. The summed E-state index contributed by atoms with van der Waals surface area (Å²) in [5.74, 6) is 1.53. The number of ether oxygens (including phenoxy) is 2. The highest BCUT2D eigenvalue weighted by Gasteiger charge is 2.38. The van der Waals surface area contributed by atoms with Gasteiger partial charge in [0, 0.05) is 57.2 Å². The maximum absolute atomic E-state index is 14.4. The lowest BCUT2D eigenvalue weighted by atomic mass is 9.87. The predicted octanol–water partition coefficient (Wildman–Crippen LogP) is 4.72. The number of para-hydroxylation sites is 1. The van der Waals surface area contributed by atoms with Crippen molar-refractivity contribution in [3.05, 3.63) is 65.5 Å². The van der Waals surface area contributed by atoms with Gasteiger partial charge in [0.2, 0.25) is 5.91 Å². The molecule has 184 valence electrons. The number of halogens is 1. The summed E-state index contributed by atoms with van der Waals surface area (Å²) >= 11 is 0. The largest absolute Gasteiger partial charge is 0.496 e. The van der Waals surface area contributed by atoms with Gasteiger partial charge in [-0.25, -0.2) is 4.39 Å². The van der Waals surface area contributed by atoms with Crippen LogP contribution in [0.4, 0.5) is 4.39 Å². The lowest BCUT2D eigenvalue weighted by Crippen LogP contribution is -2.42. The van der Waals surface area contributed by atoms with E-state index in [1.54, 1.807) is 20.3 Å². The topological polar surface area (TPSA) is 42.0 Å². The van der Waals surface area contributed by atoms with Gasteiger partial charge in [-0.15, -0.1) is 0 Å². The molecule has 0 aromatic heterocycles. The maximum atomic E-state index is 14.4. The van der Waals surface area contributed by atoms with Gasteiger partial charge < -0.3 is 14.4 Å². The molecule has 4 rings (SSSR count). The number of hydrogen-bond donors (Lipinski definition) is 0. The zero-order valence-corrected chi connectivity index (χ0v) is 20.4. The van der Waals surface area contributed by atoms with Crippen LogP contribution in [0.2, 0.25) is 0 Å². The lowest BCUT2D eigenvalue weighted by Gasteiger charge is -2.30. The Morgan fingerprint density at radius 1 is 1.06 bits per heavy atom. The van der Waals surface area contributed by atoms with Crippen molar-refractivity contribution in [1.82, 2.24) is 9.80 Å². The average Bonchev–Trinajstić information content (AvgIpc) is 3.53. The van der Waals surface area contributed by atoms with Crippen LogP contribution in [0.15, 0.2) is 48.5 Å². The van der Waals surface area contributed by atoms with Crippen LogP contribution in [-0.4, -0.2) is 62.7 Å². The van der Waals surface area contributed by atoms with Gasteiger partial charge >= 0.3 is 0 Å². The van der Waals surface area contributed by atoms with Gasteiger partial charge in [-0.05, 0) is 36.5 Å². The number of methoxy groups -OCH3 is 2.